The highest BCUT2D eigenvalue weighted by molar-refractivity contribution is 5.70. The Morgan fingerprint density at radius 1 is 1.71 bits per heavy atom. The average Bonchev–Trinajstić information content (AvgIpc) is 2.72. The Hall–Kier alpha value is -1.36. The molecule has 0 bridgehead atoms. The van der Waals surface area contributed by atoms with Crippen molar-refractivity contribution in [2.75, 3.05) is 13.7 Å². The quantitative estimate of drug-likeness (QED) is 0.780. The summed E-state index contributed by atoms with van der Waals surface area (Å²) >= 11 is 0. The number of carboxylic acid groups (broad SMARTS) is 1. The second-order valence-electron chi connectivity index (χ2n) is 4.45. The molecule has 0 spiro atoms. The van der Waals surface area contributed by atoms with E-state index in [2.05, 4.69) is 9.55 Å². The molecule has 1 aliphatic rings. The molecular weight excluding hydrogens is 220 g/mol. The molecule has 1 unspecified atom stereocenters. The van der Waals surface area contributed by atoms with Gasteiger partial charge in [-0.1, -0.05) is 0 Å². The van der Waals surface area contributed by atoms with Crippen LogP contribution >= 0.6 is 0 Å². The zero-order valence-corrected chi connectivity index (χ0v) is 10.1. The second-order valence-corrected chi connectivity index (χ2v) is 4.45. The number of hydrogen-bond donors (Lipinski definition) is 1. The molecule has 0 aromatic carbocycles. The first kappa shape index (κ1) is 12.1. The smallest absolute Gasteiger partial charge is 0.308 e. The molecule has 5 heteroatoms. The van der Waals surface area contributed by atoms with Crippen LogP contribution in [0.2, 0.25) is 0 Å². The summed E-state index contributed by atoms with van der Waals surface area (Å²) in [7, 11) is 1.68. The molecule has 2 rings (SSSR count). The molecule has 94 valence electrons. The van der Waals surface area contributed by atoms with Gasteiger partial charge in [0, 0.05) is 38.6 Å². The molecule has 1 N–H and O–H groups in total. The van der Waals surface area contributed by atoms with E-state index < -0.39 is 5.97 Å². The van der Waals surface area contributed by atoms with E-state index in [4.69, 9.17) is 9.84 Å². The Bertz CT molecular complexity index is 400. The van der Waals surface area contributed by atoms with E-state index in [0.29, 0.717) is 13.2 Å². The highest BCUT2D eigenvalue weighted by atomic mass is 16.5. The van der Waals surface area contributed by atoms with E-state index in [9.17, 15) is 4.79 Å². The predicted octanol–water partition coefficient (Wildman–Crippen LogP) is 1.11. The van der Waals surface area contributed by atoms with E-state index in [1.165, 1.54) is 0 Å². The van der Waals surface area contributed by atoms with Crippen LogP contribution in [0, 0.1) is 5.92 Å². The molecule has 17 heavy (non-hydrogen) atoms. The molecule has 0 fully saturated rings. The van der Waals surface area contributed by atoms with Gasteiger partial charge in [0.25, 0.3) is 0 Å². The van der Waals surface area contributed by atoms with E-state index in [0.717, 1.165) is 37.2 Å². The number of aromatic nitrogens is 2. The fourth-order valence-electron chi connectivity index (χ4n) is 2.29. The van der Waals surface area contributed by atoms with Gasteiger partial charge in [-0.3, -0.25) is 4.79 Å². The summed E-state index contributed by atoms with van der Waals surface area (Å²) in [6.45, 7) is 1.28. The maximum atomic E-state index is 11.0. The van der Waals surface area contributed by atoms with E-state index in [1.54, 1.807) is 7.11 Å². The number of nitrogens with zero attached hydrogens (tertiary/aromatic N) is 2. The van der Waals surface area contributed by atoms with E-state index >= 15 is 0 Å². The van der Waals surface area contributed by atoms with Gasteiger partial charge in [0.05, 0.1) is 5.92 Å². The number of aliphatic carboxylic acids is 1. The number of fused-ring (bicyclic) bond motifs is 1. The molecule has 0 aliphatic carbocycles. The third-order valence-corrected chi connectivity index (χ3v) is 3.27. The van der Waals surface area contributed by atoms with Crippen molar-refractivity contribution >= 4 is 5.97 Å². The zero-order valence-electron chi connectivity index (χ0n) is 10.1. The Kier molecular flexibility index (Phi) is 3.78. The van der Waals surface area contributed by atoms with Gasteiger partial charge in [0.15, 0.2) is 0 Å². The Morgan fingerprint density at radius 2 is 2.53 bits per heavy atom. The third kappa shape index (κ3) is 2.66. The minimum absolute atomic E-state index is 0.266. The van der Waals surface area contributed by atoms with Crippen molar-refractivity contribution in [2.45, 2.75) is 32.2 Å². The Morgan fingerprint density at radius 3 is 3.24 bits per heavy atom. The maximum Gasteiger partial charge on any atom is 0.308 e. The number of rotatable bonds is 5. The van der Waals surface area contributed by atoms with Gasteiger partial charge in [0.2, 0.25) is 0 Å². The van der Waals surface area contributed by atoms with Crippen LogP contribution in [0.15, 0.2) is 6.20 Å². The van der Waals surface area contributed by atoms with Crippen molar-refractivity contribution in [3.05, 3.63) is 17.7 Å². The number of carbonyl (C=O) groups is 1. The van der Waals surface area contributed by atoms with Crippen molar-refractivity contribution in [3.63, 3.8) is 0 Å². The lowest BCUT2D eigenvalue weighted by Gasteiger charge is -2.22. The third-order valence-electron chi connectivity index (χ3n) is 3.27. The molecular formula is C12H18N2O3. The van der Waals surface area contributed by atoms with Crippen molar-refractivity contribution in [3.8, 4) is 0 Å². The summed E-state index contributed by atoms with van der Waals surface area (Å²) in [5.74, 6) is 0.0214. The van der Waals surface area contributed by atoms with Crippen LogP contribution in [-0.4, -0.2) is 34.3 Å². The number of carboxylic acids is 1. The fraction of sp³-hybridized carbons (Fsp3) is 0.667. The lowest BCUT2D eigenvalue weighted by molar-refractivity contribution is -0.142. The average molecular weight is 238 g/mol. The number of imidazole rings is 1. The summed E-state index contributed by atoms with van der Waals surface area (Å²) in [4.78, 5) is 15.4. The normalized spacial score (nSPS) is 19.0. The number of methoxy groups -OCH3 is 1. The highest BCUT2D eigenvalue weighted by Gasteiger charge is 2.25. The summed E-state index contributed by atoms with van der Waals surface area (Å²) in [5, 5.41) is 9.05. The minimum atomic E-state index is -0.702. The standard InChI is InChI=1S/C12H18N2O3/c1-17-6-2-3-11-13-7-10-5-4-9(12(15)16)8-14(10)11/h7,9H,2-6,8H2,1H3,(H,15,16). The van der Waals surface area contributed by atoms with Crippen molar-refractivity contribution in [2.24, 2.45) is 5.92 Å². The monoisotopic (exact) mass is 238 g/mol. The van der Waals surface area contributed by atoms with Crippen molar-refractivity contribution < 1.29 is 14.6 Å². The molecule has 0 radical (unpaired) electrons. The SMILES string of the molecule is COCCCc1ncc2n1CC(C(=O)O)CC2. The van der Waals surface area contributed by atoms with Crippen LogP contribution in [0.3, 0.4) is 0 Å². The summed E-state index contributed by atoms with van der Waals surface area (Å²) in [6, 6.07) is 0. The minimum Gasteiger partial charge on any atom is -0.481 e. The first-order valence-electron chi connectivity index (χ1n) is 5.97. The number of ether oxygens (including phenoxy) is 1. The first-order valence-corrected chi connectivity index (χ1v) is 5.97. The molecule has 2 heterocycles. The van der Waals surface area contributed by atoms with E-state index in [1.807, 2.05) is 6.20 Å². The first-order chi connectivity index (χ1) is 8.22. The van der Waals surface area contributed by atoms with Gasteiger partial charge < -0.3 is 14.4 Å². The topological polar surface area (TPSA) is 64.4 Å². The van der Waals surface area contributed by atoms with Gasteiger partial charge in [-0.05, 0) is 19.3 Å². The molecule has 1 aromatic heterocycles. The second kappa shape index (κ2) is 5.31. The summed E-state index contributed by atoms with van der Waals surface area (Å²) < 4.78 is 7.08. The van der Waals surface area contributed by atoms with Crippen LogP contribution in [0.4, 0.5) is 0 Å². The van der Waals surface area contributed by atoms with Gasteiger partial charge in [-0.25, -0.2) is 4.98 Å². The number of aryl methyl sites for hydroxylation is 2. The van der Waals surface area contributed by atoms with Crippen LogP contribution in [0.5, 0.6) is 0 Å². The molecule has 5 nitrogen and oxygen atoms in total. The molecule has 0 saturated heterocycles. The largest absolute Gasteiger partial charge is 0.481 e. The van der Waals surface area contributed by atoms with Gasteiger partial charge in [-0.15, -0.1) is 0 Å². The molecule has 1 aromatic rings. The van der Waals surface area contributed by atoms with Gasteiger partial charge >= 0.3 is 5.97 Å². The number of hydrogen-bond acceptors (Lipinski definition) is 3. The Balaban J connectivity index is 2.06. The van der Waals surface area contributed by atoms with Crippen LogP contribution in [0.1, 0.15) is 24.4 Å². The van der Waals surface area contributed by atoms with Crippen LogP contribution in [0.25, 0.3) is 0 Å². The highest BCUT2D eigenvalue weighted by Crippen LogP contribution is 2.22. The molecule has 1 aliphatic heterocycles. The predicted molar refractivity (Wildman–Crippen MR) is 61.9 cm³/mol. The van der Waals surface area contributed by atoms with Crippen molar-refractivity contribution in [1.29, 1.82) is 0 Å². The van der Waals surface area contributed by atoms with Crippen molar-refractivity contribution in [1.82, 2.24) is 9.55 Å². The van der Waals surface area contributed by atoms with Crippen LogP contribution in [-0.2, 0) is 28.9 Å². The van der Waals surface area contributed by atoms with Gasteiger partial charge in [0.1, 0.15) is 5.82 Å². The zero-order chi connectivity index (χ0) is 12.3. The summed E-state index contributed by atoms with van der Waals surface area (Å²) in [5.41, 5.74) is 1.16. The van der Waals surface area contributed by atoms with Crippen LogP contribution < -0.4 is 0 Å². The molecule has 1 atom stereocenters. The molecule has 0 saturated carbocycles. The molecule has 0 amide bonds. The van der Waals surface area contributed by atoms with E-state index in [-0.39, 0.29) is 5.92 Å². The van der Waals surface area contributed by atoms with Gasteiger partial charge in [-0.2, -0.15) is 0 Å². The lowest BCUT2D eigenvalue weighted by atomic mass is 9.98. The summed E-state index contributed by atoms with van der Waals surface area (Å²) in [6.07, 6.45) is 5.18. The lowest BCUT2D eigenvalue weighted by Crippen LogP contribution is -2.27. The maximum absolute atomic E-state index is 11.0. The fourth-order valence-corrected chi connectivity index (χ4v) is 2.29. The Labute approximate surface area is 100 Å².